The van der Waals surface area contributed by atoms with Crippen molar-refractivity contribution in [1.82, 2.24) is 19.5 Å². The minimum atomic E-state index is -1.13. The Morgan fingerprint density at radius 2 is 1.56 bits per heavy atom. The van der Waals surface area contributed by atoms with Crippen LogP contribution >= 0.6 is 0 Å². The molecule has 0 bridgehead atoms. The summed E-state index contributed by atoms with van der Waals surface area (Å²) in [6.45, 7) is -0.0179. The Balaban J connectivity index is 1.16. The molecule has 0 radical (unpaired) electrons. The Labute approximate surface area is 297 Å². The molecule has 12 nitrogen and oxygen atoms in total. The van der Waals surface area contributed by atoms with Gasteiger partial charge < -0.3 is 24.1 Å². The molecule has 1 saturated heterocycles. The summed E-state index contributed by atoms with van der Waals surface area (Å²) in [5, 5.41) is 13.9. The van der Waals surface area contributed by atoms with E-state index in [4.69, 9.17) is 18.9 Å². The van der Waals surface area contributed by atoms with Crippen LogP contribution in [0, 0.1) is 5.82 Å². The van der Waals surface area contributed by atoms with Crippen molar-refractivity contribution < 1.29 is 33.2 Å². The predicted octanol–water partition coefficient (Wildman–Crippen LogP) is 5.11. The molecule has 13 heteroatoms. The fourth-order valence-corrected chi connectivity index (χ4v) is 6.48. The van der Waals surface area contributed by atoms with Crippen LogP contribution < -0.4 is 20.3 Å². The number of halogens is 1. The first-order chi connectivity index (χ1) is 25.3. The molecule has 0 unspecified atom stereocenters. The van der Waals surface area contributed by atoms with Gasteiger partial charge >= 0.3 is 0 Å². The van der Waals surface area contributed by atoms with Gasteiger partial charge in [-0.1, -0.05) is 66.7 Å². The summed E-state index contributed by atoms with van der Waals surface area (Å²) < 4.78 is 39.1. The lowest BCUT2D eigenvalue weighted by molar-refractivity contribution is -0.115. The summed E-state index contributed by atoms with van der Waals surface area (Å²) >= 11 is 0. The zero-order valence-electron chi connectivity index (χ0n) is 28.4. The molecule has 2 aromatic heterocycles. The quantitative estimate of drug-likeness (QED) is 0.148. The minimum absolute atomic E-state index is 0.0179. The first-order valence-corrected chi connectivity index (χ1v) is 16.6. The normalized spacial score (nSPS) is 17.3. The maximum atomic E-state index is 13.3. The Bertz CT molecular complexity index is 2160. The van der Waals surface area contributed by atoms with Crippen LogP contribution in [0.1, 0.15) is 34.9 Å². The number of amides is 1. The molecule has 3 heterocycles. The number of fused-ring (bicyclic) bond motifs is 1. The highest BCUT2D eigenvalue weighted by Gasteiger charge is 2.42. The van der Waals surface area contributed by atoms with Gasteiger partial charge in [-0.15, -0.1) is 0 Å². The molecule has 7 rings (SSSR count). The summed E-state index contributed by atoms with van der Waals surface area (Å²) in [6, 6.07) is 30.6. The fraction of sp³-hybridized carbons (Fsp3) is 0.231. The van der Waals surface area contributed by atoms with E-state index in [1.807, 2.05) is 78.9 Å². The van der Waals surface area contributed by atoms with Crippen LogP contribution in [0.15, 0.2) is 114 Å². The van der Waals surface area contributed by atoms with E-state index in [9.17, 15) is 19.1 Å². The lowest BCUT2D eigenvalue weighted by Gasteiger charge is -2.37. The molecule has 0 aliphatic carbocycles. The van der Waals surface area contributed by atoms with Crippen LogP contribution in [0.25, 0.3) is 11.2 Å². The van der Waals surface area contributed by atoms with E-state index in [-0.39, 0.29) is 36.6 Å². The number of imidazole rings is 1. The number of methoxy groups -OCH3 is 2. The summed E-state index contributed by atoms with van der Waals surface area (Å²) in [6.07, 6.45) is -0.958. The highest BCUT2D eigenvalue weighted by molar-refractivity contribution is 5.91. The first-order valence-electron chi connectivity index (χ1n) is 16.6. The van der Waals surface area contributed by atoms with Crippen molar-refractivity contribution in [3.8, 4) is 11.5 Å². The molecule has 0 saturated carbocycles. The number of aromatic amines is 1. The van der Waals surface area contributed by atoms with Crippen molar-refractivity contribution in [2.24, 2.45) is 0 Å². The van der Waals surface area contributed by atoms with E-state index < -0.39 is 41.3 Å². The van der Waals surface area contributed by atoms with Crippen LogP contribution in [-0.4, -0.2) is 63.6 Å². The van der Waals surface area contributed by atoms with Crippen LogP contribution in [0.2, 0.25) is 0 Å². The molecule has 266 valence electrons. The highest BCUT2D eigenvalue weighted by atomic mass is 19.1. The Hall–Kier alpha value is -5.89. The van der Waals surface area contributed by atoms with Gasteiger partial charge in [-0.25, -0.2) is 9.37 Å². The highest BCUT2D eigenvalue weighted by Crippen LogP contribution is 2.43. The molecule has 1 amide bonds. The average Bonchev–Trinajstić information content (AvgIpc) is 3.77. The van der Waals surface area contributed by atoms with E-state index in [0.29, 0.717) is 17.1 Å². The summed E-state index contributed by atoms with van der Waals surface area (Å²) in [4.78, 5) is 36.9. The van der Waals surface area contributed by atoms with Gasteiger partial charge in [0, 0.05) is 6.42 Å². The van der Waals surface area contributed by atoms with Gasteiger partial charge in [-0.2, -0.15) is 4.98 Å². The molecule has 0 spiro atoms. The Morgan fingerprint density at radius 3 is 2.17 bits per heavy atom. The third-order valence-corrected chi connectivity index (χ3v) is 9.12. The monoisotopic (exact) mass is 705 g/mol. The number of carbonyl (C=O) groups is 1. The van der Waals surface area contributed by atoms with Gasteiger partial charge in [0.05, 0.1) is 39.7 Å². The average molecular weight is 706 g/mol. The van der Waals surface area contributed by atoms with Gasteiger partial charge in [-0.05, 0) is 58.7 Å². The lowest BCUT2D eigenvalue weighted by atomic mass is 9.80. The smallest absolute Gasteiger partial charge is 0.280 e. The Kier molecular flexibility index (Phi) is 9.81. The molecule has 1 aliphatic heterocycles. The lowest BCUT2D eigenvalue weighted by Crippen LogP contribution is -2.38. The molecular weight excluding hydrogens is 669 g/mol. The standard InChI is InChI=1S/C39H36FN5O7/c1-49-29-16-10-26(11-17-29)39(25-6-4-3-5-7-25,27-12-18-30(50-2)19-13-27)51-22-32-31(46)21-34(52-32)45-23-41-35-36(45)43-38(44-37(35)48)42-33(47)20-24-8-14-28(40)15-9-24/h3-19,23,31-32,34,46H,20-22H2,1-2H3,(H2,42,43,44,47,48)/t31-,32+,34+/m0/s1. The predicted molar refractivity (Wildman–Crippen MR) is 190 cm³/mol. The third kappa shape index (κ3) is 6.89. The van der Waals surface area contributed by atoms with Gasteiger partial charge in [0.15, 0.2) is 11.2 Å². The van der Waals surface area contributed by atoms with E-state index in [2.05, 4.69) is 20.3 Å². The fourth-order valence-electron chi connectivity index (χ4n) is 6.48. The summed E-state index contributed by atoms with van der Waals surface area (Å²) in [5.74, 6) is 0.422. The number of hydrogen-bond donors (Lipinski definition) is 3. The van der Waals surface area contributed by atoms with Crippen molar-refractivity contribution in [1.29, 1.82) is 0 Å². The van der Waals surface area contributed by atoms with Gasteiger partial charge in [-0.3, -0.25) is 24.5 Å². The van der Waals surface area contributed by atoms with E-state index in [0.717, 1.165) is 16.7 Å². The molecule has 1 fully saturated rings. The second-order valence-corrected chi connectivity index (χ2v) is 12.3. The number of aliphatic hydroxyl groups is 1. The summed E-state index contributed by atoms with van der Waals surface area (Å²) in [5.41, 5.74) is 1.60. The second kappa shape index (κ2) is 14.8. The number of ether oxygens (including phenoxy) is 4. The van der Waals surface area contributed by atoms with Crippen LogP contribution in [0.3, 0.4) is 0 Å². The van der Waals surface area contributed by atoms with E-state index in [1.54, 1.807) is 18.8 Å². The number of rotatable bonds is 12. The summed E-state index contributed by atoms with van der Waals surface area (Å²) in [7, 11) is 3.22. The molecule has 1 aliphatic rings. The zero-order chi connectivity index (χ0) is 36.2. The maximum absolute atomic E-state index is 13.3. The molecule has 6 aromatic rings. The molecule has 52 heavy (non-hydrogen) atoms. The molecule has 4 aromatic carbocycles. The third-order valence-electron chi connectivity index (χ3n) is 9.12. The number of aromatic nitrogens is 4. The topological polar surface area (TPSA) is 150 Å². The van der Waals surface area contributed by atoms with Crippen molar-refractivity contribution in [2.75, 3.05) is 26.1 Å². The Morgan fingerprint density at radius 1 is 0.942 bits per heavy atom. The van der Waals surface area contributed by atoms with Crippen LogP contribution in [0.4, 0.5) is 10.3 Å². The number of nitrogens with one attached hydrogen (secondary N) is 2. The van der Waals surface area contributed by atoms with Gasteiger partial charge in [0.1, 0.15) is 35.2 Å². The largest absolute Gasteiger partial charge is 0.497 e. The number of carbonyl (C=O) groups excluding carboxylic acids is 1. The first kappa shape index (κ1) is 34.6. The number of H-pyrrole nitrogens is 1. The van der Waals surface area contributed by atoms with Crippen LogP contribution in [-0.2, 0) is 26.3 Å². The number of anilines is 1. The van der Waals surface area contributed by atoms with E-state index in [1.165, 1.54) is 30.6 Å². The zero-order valence-corrected chi connectivity index (χ0v) is 28.4. The van der Waals surface area contributed by atoms with Crippen molar-refractivity contribution >= 4 is 23.0 Å². The van der Waals surface area contributed by atoms with Crippen LogP contribution in [0.5, 0.6) is 11.5 Å². The van der Waals surface area contributed by atoms with Crippen molar-refractivity contribution in [3.63, 3.8) is 0 Å². The molecule has 3 atom stereocenters. The van der Waals surface area contributed by atoms with Gasteiger partial charge in [0.25, 0.3) is 5.56 Å². The van der Waals surface area contributed by atoms with E-state index >= 15 is 0 Å². The molecular formula is C39H36FN5O7. The SMILES string of the molecule is COc1ccc(C(OC[C@H]2O[C@@H](n3cnc4c(=O)[nH]c(NC(=O)Cc5ccc(F)cc5)nc43)C[C@@H]2O)(c2ccccc2)c2ccc(OC)cc2)cc1. The maximum Gasteiger partial charge on any atom is 0.280 e. The van der Waals surface area contributed by atoms with Gasteiger partial charge in [0.2, 0.25) is 11.9 Å². The number of benzene rings is 4. The number of aliphatic hydroxyl groups excluding tert-OH is 1. The van der Waals surface area contributed by atoms with Crippen molar-refractivity contribution in [2.45, 2.75) is 36.9 Å². The van der Waals surface area contributed by atoms with Crippen molar-refractivity contribution in [3.05, 3.63) is 148 Å². The molecule has 3 N–H and O–H groups in total. The second-order valence-electron chi connectivity index (χ2n) is 12.3. The minimum Gasteiger partial charge on any atom is -0.497 e. The number of nitrogens with zero attached hydrogens (tertiary/aromatic N) is 3. The number of hydrogen-bond acceptors (Lipinski definition) is 9.